The van der Waals surface area contributed by atoms with Crippen LogP contribution >= 0.6 is 23.8 Å². The van der Waals surface area contributed by atoms with Gasteiger partial charge in [0.1, 0.15) is 5.75 Å². The van der Waals surface area contributed by atoms with Crippen molar-refractivity contribution in [2.75, 3.05) is 12.4 Å². The molecule has 0 fully saturated rings. The predicted molar refractivity (Wildman–Crippen MR) is 102 cm³/mol. The summed E-state index contributed by atoms with van der Waals surface area (Å²) in [7, 11) is 1.59. The number of anilines is 1. The van der Waals surface area contributed by atoms with Crippen molar-refractivity contribution >= 4 is 34.6 Å². The molecule has 0 spiro atoms. The van der Waals surface area contributed by atoms with Crippen LogP contribution in [0, 0.1) is 6.92 Å². The number of nitrogens with one attached hydrogen (secondary N) is 2. The van der Waals surface area contributed by atoms with E-state index < -0.39 is 0 Å². The smallest absolute Gasteiger partial charge is 0.171 e. The number of benzene rings is 2. The molecule has 3 nitrogen and oxygen atoms in total. The fraction of sp³-hybridized carbons (Fsp3) is 0.278. The molecule has 2 aromatic rings. The molecule has 0 aliphatic rings. The highest BCUT2D eigenvalue weighted by Crippen LogP contribution is 2.27. The van der Waals surface area contributed by atoms with Crippen molar-refractivity contribution in [1.29, 1.82) is 0 Å². The van der Waals surface area contributed by atoms with Crippen LogP contribution in [-0.4, -0.2) is 12.2 Å². The van der Waals surface area contributed by atoms with Crippen LogP contribution in [0.5, 0.6) is 5.75 Å². The SMILES string of the molecule is CCC(NC(=S)Nc1ccc(OC)c(Cl)c1)c1ccc(C)cc1. The molecule has 2 rings (SSSR count). The Balaban J connectivity index is 2.02. The van der Waals surface area contributed by atoms with Crippen LogP contribution in [0.15, 0.2) is 42.5 Å². The lowest BCUT2D eigenvalue weighted by Gasteiger charge is -2.20. The Kier molecular flexibility index (Phi) is 6.25. The summed E-state index contributed by atoms with van der Waals surface area (Å²) in [6.45, 7) is 4.21. The zero-order valence-electron chi connectivity index (χ0n) is 13.5. The summed E-state index contributed by atoms with van der Waals surface area (Å²) in [6.07, 6.45) is 0.939. The summed E-state index contributed by atoms with van der Waals surface area (Å²) in [5, 5.41) is 7.62. The van der Waals surface area contributed by atoms with Gasteiger partial charge in [0.05, 0.1) is 18.2 Å². The van der Waals surface area contributed by atoms with Crippen molar-refractivity contribution in [3.8, 4) is 5.75 Å². The van der Waals surface area contributed by atoms with E-state index in [2.05, 4.69) is 48.7 Å². The lowest BCUT2D eigenvalue weighted by atomic mass is 10.0. The zero-order valence-corrected chi connectivity index (χ0v) is 15.1. The van der Waals surface area contributed by atoms with Crippen molar-refractivity contribution in [3.63, 3.8) is 0 Å². The summed E-state index contributed by atoms with van der Waals surface area (Å²) < 4.78 is 5.15. The van der Waals surface area contributed by atoms with Crippen LogP contribution in [0.3, 0.4) is 0 Å². The van der Waals surface area contributed by atoms with Gasteiger partial charge in [-0.3, -0.25) is 0 Å². The third kappa shape index (κ3) is 4.85. The molecule has 122 valence electrons. The number of ether oxygens (including phenoxy) is 1. The third-order valence-electron chi connectivity index (χ3n) is 3.60. The minimum Gasteiger partial charge on any atom is -0.495 e. The second kappa shape index (κ2) is 8.18. The second-order valence-electron chi connectivity index (χ2n) is 5.32. The lowest BCUT2D eigenvalue weighted by Crippen LogP contribution is -2.32. The molecule has 0 aliphatic carbocycles. The first-order valence-electron chi connectivity index (χ1n) is 7.51. The first kappa shape index (κ1) is 17.6. The van der Waals surface area contributed by atoms with E-state index in [0.717, 1.165) is 12.1 Å². The summed E-state index contributed by atoms with van der Waals surface area (Å²) in [4.78, 5) is 0. The van der Waals surface area contributed by atoms with Crippen molar-refractivity contribution in [3.05, 3.63) is 58.6 Å². The molecule has 0 saturated carbocycles. The first-order valence-corrected chi connectivity index (χ1v) is 8.29. The van der Waals surface area contributed by atoms with E-state index in [-0.39, 0.29) is 6.04 Å². The molecule has 0 radical (unpaired) electrons. The van der Waals surface area contributed by atoms with Gasteiger partial charge in [-0.2, -0.15) is 0 Å². The minimum absolute atomic E-state index is 0.171. The molecule has 0 aromatic heterocycles. The van der Waals surface area contributed by atoms with Crippen molar-refractivity contribution in [2.24, 2.45) is 0 Å². The van der Waals surface area contributed by atoms with E-state index in [9.17, 15) is 0 Å². The standard InChI is InChI=1S/C18H21ClN2OS/c1-4-16(13-7-5-12(2)6-8-13)21-18(23)20-14-9-10-17(22-3)15(19)11-14/h5-11,16H,4H2,1-3H3,(H2,20,21,23). The first-order chi connectivity index (χ1) is 11.0. The van der Waals surface area contributed by atoms with E-state index in [1.807, 2.05) is 12.1 Å². The third-order valence-corrected chi connectivity index (χ3v) is 4.12. The van der Waals surface area contributed by atoms with Gasteiger partial charge in [-0.05, 0) is 49.3 Å². The fourth-order valence-corrected chi connectivity index (χ4v) is 2.81. The molecule has 0 amide bonds. The Bertz CT molecular complexity index is 673. The van der Waals surface area contributed by atoms with E-state index in [4.69, 9.17) is 28.6 Å². The molecule has 1 unspecified atom stereocenters. The van der Waals surface area contributed by atoms with Gasteiger partial charge < -0.3 is 15.4 Å². The molecule has 0 saturated heterocycles. The molecule has 5 heteroatoms. The van der Waals surface area contributed by atoms with Gasteiger partial charge in [0.2, 0.25) is 0 Å². The molecule has 23 heavy (non-hydrogen) atoms. The molecule has 1 atom stereocenters. The Labute approximate surface area is 148 Å². The molecular weight excluding hydrogens is 328 g/mol. The Morgan fingerprint density at radius 1 is 1.22 bits per heavy atom. The highest BCUT2D eigenvalue weighted by atomic mass is 35.5. The normalized spacial score (nSPS) is 11.7. The van der Waals surface area contributed by atoms with Gasteiger partial charge in [-0.1, -0.05) is 48.4 Å². The molecular formula is C18H21ClN2OS. The molecule has 0 heterocycles. The van der Waals surface area contributed by atoms with E-state index in [0.29, 0.717) is 15.9 Å². The van der Waals surface area contributed by atoms with Crippen molar-refractivity contribution < 1.29 is 4.74 Å². The fourth-order valence-electron chi connectivity index (χ4n) is 2.29. The van der Waals surface area contributed by atoms with Crippen molar-refractivity contribution in [1.82, 2.24) is 5.32 Å². The molecule has 2 N–H and O–H groups in total. The van der Waals surface area contributed by atoms with E-state index >= 15 is 0 Å². The van der Waals surface area contributed by atoms with Crippen LogP contribution < -0.4 is 15.4 Å². The van der Waals surface area contributed by atoms with Gasteiger partial charge in [0, 0.05) is 5.69 Å². The average Bonchev–Trinajstić information content (AvgIpc) is 2.54. The van der Waals surface area contributed by atoms with Gasteiger partial charge in [-0.15, -0.1) is 0 Å². The largest absolute Gasteiger partial charge is 0.495 e. The summed E-state index contributed by atoms with van der Waals surface area (Å²) in [5.41, 5.74) is 3.29. The number of rotatable bonds is 5. The zero-order chi connectivity index (χ0) is 16.8. The summed E-state index contributed by atoms with van der Waals surface area (Å²) >= 11 is 11.5. The second-order valence-corrected chi connectivity index (χ2v) is 6.13. The molecule has 0 aliphatic heterocycles. The summed E-state index contributed by atoms with van der Waals surface area (Å²) in [5.74, 6) is 0.641. The quantitative estimate of drug-likeness (QED) is 0.737. The van der Waals surface area contributed by atoms with E-state index in [1.165, 1.54) is 11.1 Å². The van der Waals surface area contributed by atoms with Crippen LogP contribution in [0.25, 0.3) is 0 Å². The Morgan fingerprint density at radius 2 is 1.91 bits per heavy atom. The monoisotopic (exact) mass is 348 g/mol. The van der Waals surface area contributed by atoms with Crippen LogP contribution in [-0.2, 0) is 0 Å². The average molecular weight is 349 g/mol. The number of halogens is 1. The van der Waals surface area contributed by atoms with Gasteiger partial charge in [0.15, 0.2) is 5.11 Å². The maximum Gasteiger partial charge on any atom is 0.171 e. The van der Waals surface area contributed by atoms with Gasteiger partial charge in [-0.25, -0.2) is 0 Å². The maximum atomic E-state index is 6.13. The number of methoxy groups -OCH3 is 1. The predicted octanol–water partition coefficient (Wildman–Crippen LogP) is 5.09. The Hall–Kier alpha value is -1.78. The minimum atomic E-state index is 0.171. The molecule has 2 aromatic carbocycles. The highest BCUT2D eigenvalue weighted by molar-refractivity contribution is 7.80. The van der Waals surface area contributed by atoms with Gasteiger partial charge >= 0.3 is 0 Å². The number of hydrogen-bond acceptors (Lipinski definition) is 2. The lowest BCUT2D eigenvalue weighted by molar-refractivity contribution is 0.415. The molecule has 0 bridgehead atoms. The van der Waals surface area contributed by atoms with Crippen LogP contribution in [0.4, 0.5) is 5.69 Å². The highest BCUT2D eigenvalue weighted by Gasteiger charge is 2.11. The van der Waals surface area contributed by atoms with Crippen molar-refractivity contribution in [2.45, 2.75) is 26.3 Å². The topological polar surface area (TPSA) is 33.3 Å². The van der Waals surface area contributed by atoms with Crippen LogP contribution in [0.1, 0.15) is 30.5 Å². The van der Waals surface area contributed by atoms with Gasteiger partial charge in [0.25, 0.3) is 0 Å². The Morgan fingerprint density at radius 3 is 2.48 bits per heavy atom. The number of thiocarbonyl (C=S) groups is 1. The maximum absolute atomic E-state index is 6.13. The van der Waals surface area contributed by atoms with Crippen LogP contribution in [0.2, 0.25) is 5.02 Å². The number of aryl methyl sites for hydroxylation is 1. The summed E-state index contributed by atoms with van der Waals surface area (Å²) in [6, 6.07) is 14.1. The van der Waals surface area contributed by atoms with E-state index in [1.54, 1.807) is 13.2 Å². The number of hydrogen-bond donors (Lipinski definition) is 2.